The first kappa shape index (κ1) is 27.8. The monoisotopic (exact) mass is 552 g/mol. The molecule has 3 N–H and O–H groups in total. The van der Waals surface area contributed by atoms with Gasteiger partial charge in [0.25, 0.3) is 11.8 Å². The first-order chi connectivity index (χ1) is 17.7. The highest BCUT2D eigenvalue weighted by atomic mass is 19.4. The number of benzene rings is 1. The van der Waals surface area contributed by atoms with Gasteiger partial charge >= 0.3 is 6.18 Å². The Morgan fingerprint density at radius 3 is 2.39 bits per heavy atom. The second kappa shape index (κ2) is 10.2. The summed E-state index contributed by atoms with van der Waals surface area (Å²) >= 11 is 0. The molecule has 0 spiro atoms. The van der Waals surface area contributed by atoms with Crippen LogP contribution in [0, 0.1) is 11.7 Å². The Kier molecular flexibility index (Phi) is 7.43. The zero-order valence-electron chi connectivity index (χ0n) is 19.8. The summed E-state index contributed by atoms with van der Waals surface area (Å²) in [6.45, 7) is -2.22. The summed E-state index contributed by atoms with van der Waals surface area (Å²) in [5, 5.41) is 2.50. The van der Waals surface area contributed by atoms with Crippen molar-refractivity contribution in [3.63, 3.8) is 0 Å². The molecule has 2 aliphatic heterocycles. The number of nitrogens with zero attached hydrogens (tertiary/aromatic N) is 4. The van der Waals surface area contributed by atoms with Gasteiger partial charge in [0.2, 0.25) is 11.7 Å². The Labute approximate surface area is 212 Å². The highest BCUT2D eigenvalue weighted by Gasteiger charge is 2.48. The number of nitrogens with two attached hydrogens (primary N) is 1. The van der Waals surface area contributed by atoms with Gasteiger partial charge < -0.3 is 16.0 Å². The molecule has 2 fully saturated rings. The van der Waals surface area contributed by atoms with Crippen molar-refractivity contribution in [3.05, 3.63) is 47.5 Å². The van der Waals surface area contributed by atoms with E-state index in [-0.39, 0.29) is 25.1 Å². The van der Waals surface area contributed by atoms with E-state index in [0.29, 0.717) is 0 Å². The van der Waals surface area contributed by atoms with Crippen LogP contribution in [0.5, 0.6) is 0 Å². The lowest BCUT2D eigenvalue weighted by Crippen LogP contribution is -2.52. The minimum atomic E-state index is -4.62. The first-order valence-corrected chi connectivity index (χ1v) is 11.6. The van der Waals surface area contributed by atoms with Gasteiger partial charge in [-0.1, -0.05) is 12.1 Å². The van der Waals surface area contributed by atoms with Crippen molar-refractivity contribution in [2.75, 3.05) is 42.9 Å². The zero-order chi connectivity index (χ0) is 27.9. The van der Waals surface area contributed by atoms with E-state index < -0.39 is 85.0 Å². The lowest BCUT2D eigenvalue weighted by atomic mass is 9.92. The Bertz CT molecular complexity index is 1160. The van der Waals surface area contributed by atoms with Crippen molar-refractivity contribution >= 4 is 17.5 Å². The van der Waals surface area contributed by atoms with Crippen molar-refractivity contribution in [2.45, 2.75) is 36.9 Å². The van der Waals surface area contributed by atoms with Crippen LogP contribution in [0.1, 0.15) is 30.0 Å². The van der Waals surface area contributed by atoms with E-state index in [1.807, 2.05) is 0 Å². The quantitative estimate of drug-likeness (QED) is 0.504. The molecule has 7 nitrogen and oxygen atoms in total. The van der Waals surface area contributed by atoms with Crippen molar-refractivity contribution in [1.29, 1.82) is 0 Å². The lowest BCUT2D eigenvalue weighted by Gasteiger charge is -2.37. The third kappa shape index (κ3) is 6.08. The minimum Gasteiger partial charge on any atom is -0.369 e. The summed E-state index contributed by atoms with van der Waals surface area (Å²) < 4.78 is 112. The summed E-state index contributed by atoms with van der Waals surface area (Å²) in [7, 11) is 0. The number of hydrogen-bond acceptors (Lipinski definition) is 6. The van der Waals surface area contributed by atoms with Crippen LogP contribution in [-0.4, -0.2) is 65.3 Å². The molecule has 1 aromatic carbocycles. The molecule has 0 aliphatic carbocycles. The molecular weight excluding hydrogens is 528 g/mol. The summed E-state index contributed by atoms with van der Waals surface area (Å²) in [6.07, 6.45) is -4.55. The van der Waals surface area contributed by atoms with Crippen LogP contribution in [0.25, 0.3) is 0 Å². The Balaban J connectivity index is 1.52. The Morgan fingerprint density at radius 2 is 1.79 bits per heavy atom. The molecule has 2 aliphatic rings. The maximum atomic E-state index is 15.4. The van der Waals surface area contributed by atoms with Crippen LogP contribution in [0.15, 0.2) is 30.6 Å². The number of likely N-dealkylation sites (tertiary alicyclic amines) is 1. The van der Waals surface area contributed by atoms with E-state index in [1.54, 1.807) is 0 Å². The van der Waals surface area contributed by atoms with Crippen molar-refractivity contribution in [1.82, 2.24) is 14.9 Å². The molecule has 0 bridgehead atoms. The van der Waals surface area contributed by atoms with Gasteiger partial charge in [-0.15, -0.1) is 0 Å². The highest BCUT2D eigenvalue weighted by Crippen LogP contribution is 2.44. The fourth-order valence-electron chi connectivity index (χ4n) is 4.80. The maximum absolute atomic E-state index is 15.4. The van der Waals surface area contributed by atoms with Crippen LogP contribution in [0.4, 0.5) is 46.8 Å². The number of amides is 1. The molecule has 0 radical (unpaired) electrons. The average Bonchev–Trinajstić information content (AvgIpc) is 3.13. The summed E-state index contributed by atoms with van der Waals surface area (Å²) in [4.78, 5) is 20.7. The fourth-order valence-corrected chi connectivity index (χ4v) is 4.80. The Morgan fingerprint density at radius 1 is 1.11 bits per heavy atom. The molecule has 2 saturated heterocycles. The fraction of sp³-hybridized carbons (Fsp3) is 0.522. The van der Waals surface area contributed by atoms with Crippen LogP contribution in [0.2, 0.25) is 0 Å². The second-order valence-corrected chi connectivity index (χ2v) is 9.49. The molecule has 1 amide bonds. The molecule has 2 atom stereocenters. The van der Waals surface area contributed by atoms with E-state index in [9.17, 15) is 35.5 Å². The van der Waals surface area contributed by atoms with E-state index >= 15 is 4.39 Å². The maximum Gasteiger partial charge on any atom is 0.416 e. The first-order valence-electron chi connectivity index (χ1n) is 11.6. The summed E-state index contributed by atoms with van der Waals surface area (Å²) in [5.41, 5.74) is 4.20. The Hall–Kier alpha value is -3.23. The lowest BCUT2D eigenvalue weighted by molar-refractivity contribution is -0.137. The standard InChI is InChI=1S/C23H24F8N6O/c24-18-19(33-8-15-5-6-36(9-17(32)38)11-22(15,27)28)34-12-35-20(18)37-10-21(25,26)7-16(37)13-1-3-14(4-2-13)23(29,30)31/h1-4,12,15-16H,5-11H2,(H2,32,38)(H,33,34,35)/t15?,16-/m1/s1. The van der Waals surface area contributed by atoms with Crippen LogP contribution < -0.4 is 16.0 Å². The number of nitrogens with one attached hydrogen (secondary N) is 1. The van der Waals surface area contributed by atoms with Crippen LogP contribution in [-0.2, 0) is 11.0 Å². The number of halogens is 8. The molecule has 1 aromatic heterocycles. The predicted molar refractivity (Wildman–Crippen MR) is 120 cm³/mol. The number of alkyl halides is 7. The molecule has 1 unspecified atom stereocenters. The van der Waals surface area contributed by atoms with Crippen LogP contribution >= 0.6 is 0 Å². The number of aromatic nitrogens is 2. The van der Waals surface area contributed by atoms with Gasteiger partial charge in [-0.25, -0.2) is 27.5 Å². The molecule has 2 aromatic rings. The highest BCUT2D eigenvalue weighted by molar-refractivity contribution is 5.75. The number of carbonyl (C=O) groups is 1. The number of primary amides is 1. The number of rotatable bonds is 7. The van der Waals surface area contributed by atoms with Crippen molar-refractivity contribution in [2.24, 2.45) is 11.7 Å². The van der Waals surface area contributed by atoms with E-state index in [0.717, 1.165) is 35.5 Å². The van der Waals surface area contributed by atoms with Gasteiger partial charge in [0, 0.05) is 18.9 Å². The van der Waals surface area contributed by atoms with Gasteiger partial charge in [-0.2, -0.15) is 17.6 Å². The van der Waals surface area contributed by atoms with Gasteiger partial charge in [0.1, 0.15) is 6.33 Å². The normalized spacial score (nSPS) is 23.4. The molecule has 3 heterocycles. The van der Waals surface area contributed by atoms with E-state index in [4.69, 9.17) is 5.73 Å². The molecule has 38 heavy (non-hydrogen) atoms. The van der Waals surface area contributed by atoms with Gasteiger partial charge in [-0.05, 0) is 30.7 Å². The topological polar surface area (TPSA) is 87.4 Å². The minimum absolute atomic E-state index is 0.0266. The largest absolute Gasteiger partial charge is 0.416 e. The third-order valence-electron chi connectivity index (χ3n) is 6.66. The third-order valence-corrected chi connectivity index (χ3v) is 6.66. The molecule has 15 heteroatoms. The van der Waals surface area contributed by atoms with Gasteiger partial charge in [0.15, 0.2) is 11.6 Å². The number of piperidine rings is 1. The van der Waals surface area contributed by atoms with Gasteiger partial charge in [0.05, 0.1) is 31.2 Å². The van der Waals surface area contributed by atoms with Crippen LogP contribution in [0.3, 0.4) is 0 Å². The molecular formula is C23H24F8N6O. The summed E-state index contributed by atoms with van der Waals surface area (Å²) in [6, 6.07) is 2.41. The SMILES string of the molecule is NC(=O)CN1CCC(CNc2ncnc(N3CC(F)(F)C[C@@H]3c3ccc(C(F)(F)F)cc3)c2F)C(F)(F)C1. The predicted octanol–water partition coefficient (Wildman–Crippen LogP) is 4.08. The molecule has 0 saturated carbocycles. The molecule has 208 valence electrons. The number of carbonyl (C=O) groups excluding carboxylic acids is 1. The molecule has 4 rings (SSSR count). The van der Waals surface area contributed by atoms with E-state index in [1.165, 1.54) is 4.90 Å². The van der Waals surface area contributed by atoms with Gasteiger partial charge in [-0.3, -0.25) is 9.69 Å². The average molecular weight is 552 g/mol. The smallest absolute Gasteiger partial charge is 0.369 e. The number of anilines is 2. The second-order valence-electron chi connectivity index (χ2n) is 9.49. The zero-order valence-corrected chi connectivity index (χ0v) is 19.8. The van der Waals surface area contributed by atoms with E-state index in [2.05, 4.69) is 15.3 Å². The van der Waals surface area contributed by atoms with Crippen molar-refractivity contribution < 1.29 is 39.9 Å². The van der Waals surface area contributed by atoms with Crippen molar-refractivity contribution in [3.8, 4) is 0 Å². The summed E-state index contributed by atoms with van der Waals surface area (Å²) in [5.74, 6) is -10.7. The number of hydrogen-bond donors (Lipinski definition) is 2.